The molecule has 0 aliphatic heterocycles. The summed E-state index contributed by atoms with van der Waals surface area (Å²) in [5.74, 6) is 5.72. The number of hydrazine groups is 1. The molecule has 1 aromatic heterocycles. The number of aromatic nitrogens is 2. The zero-order valence-corrected chi connectivity index (χ0v) is 12.8. The van der Waals surface area contributed by atoms with Crippen LogP contribution in [0.2, 0.25) is 0 Å². The first-order valence-electron chi connectivity index (χ1n) is 6.40. The van der Waals surface area contributed by atoms with E-state index < -0.39 is 0 Å². The number of hydrogen-bond acceptors (Lipinski definition) is 3. The molecule has 1 atom stereocenters. The Hall–Kier alpha value is -1.17. The third kappa shape index (κ3) is 3.23. The van der Waals surface area contributed by atoms with Crippen LogP contribution in [0, 0.1) is 6.92 Å². The number of rotatable bonds is 5. The standard InChI is InChI=1S/C14H19BrN4/c1-3-6-19-9-11(8-17-19)14(18-16)12-5-4-10(2)7-13(12)15/h4-5,7-9,14,18H,3,6,16H2,1-2H3. The Kier molecular flexibility index (Phi) is 4.74. The predicted molar refractivity (Wildman–Crippen MR) is 80.6 cm³/mol. The molecule has 1 aromatic carbocycles. The van der Waals surface area contributed by atoms with Gasteiger partial charge in [-0.1, -0.05) is 35.0 Å². The van der Waals surface area contributed by atoms with Gasteiger partial charge in [0, 0.05) is 22.8 Å². The van der Waals surface area contributed by atoms with Gasteiger partial charge in [0.05, 0.1) is 12.2 Å². The summed E-state index contributed by atoms with van der Waals surface area (Å²) in [6, 6.07) is 6.21. The van der Waals surface area contributed by atoms with Gasteiger partial charge in [-0.25, -0.2) is 5.43 Å². The molecule has 3 N–H and O–H groups in total. The Bertz CT molecular complexity index is 550. The molecule has 0 spiro atoms. The van der Waals surface area contributed by atoms with Crippen molar-refractivity contribution in [2.24, 2.45) is 5.84 Å². The van der Waals surface area contributed by atoms with Gasteiger partial charge in [0.25, 0.3) is 0 Å². The van der Waals surface area contributed by atoms with Crippen molar-refractivity contribution in [2.45, 2.75) is 32.9 Å². The summed E-state index contributed by atoms with van der Waals surface area (Å²) in [6.07, 6.45) is 4.98. The summed E-state index contributed by atoms with van der Waals surface area (Å²) in [5.41, 5.74) is 6.27. The van der Waals surface area contributed by atoms with Crippen LogP contribution in [0.5, 0.6) is 0 Å². The van der Waals surface area contributed by atoms with Crippen molar-refractivity contribution >= 4 is 15.9 Å². The van der Waals surface area contributed by atoms with Crippen LogP contribution in [0.3, 0.4) is 0 Å². The lowest BCUT2D eigenvalue weighted by molar-refractivity contribution is 0.597. The molecule has 0 saturated heterocycles. The van der Waals surface area contributed by atoms with Crippen molar-refractivity contribution < 1.29 is 0 Å². The lowest BCUT2D eigenvalue weighted by Crippen LogP contribution is -2.28. The summed E-state index contributed by atoms with van der Waals surface area (Å²) in [4.78, 5) is 0. The highest BCUT2D eigenvalue weighted by Gasteiger charge is 2.17. The van der Waals surface area contributed by atoms with E-state index in [9.17, 15) is 0 Å². The minimum absolute atomic E-state index is 0.0550. The second-order valence-corrected chi connectivity index (χ2v) is 5.52. The van der Waals surface area contributed by atoms with Gasteiger partial charge in [0.15, 0.2) is 0 Å². The first-order valence-corrected chi connectivity index (χ1v) is 7.19. The Morgan fingerprint density at radius 2 is 2.26 bits per heavy atom. The molecule has 0 amide bonds. The summed E-state index contributed by atoms with van der Waals surface area (Å²) < 4.78 is 3.00. The summed E-state index contributed by atoms with van der Waals surface area (Å²) in [6.45, 7) is 5.13. The first kappa shape index (κ1) is 14.2. The average Bonchev–Trinajstić information content (AvgIpc) is 2.82. The predicted octanol–water partition coefficient (Wildman–Crippen LogP) is 2.92. The first-order chi connectivity index (χ1) is 9.15. The van der Waals surface area contributed by atoms with E-state index in [1.54, 1.807) is 0 Å². The highest BCUT2D eigenvalue weighted by atomic mass is 79.9. The molecule has 102 valence electrons. The van der Waals surface area contributed by atoms with Gasteiger partial charge < -0.3 is 0 Å². The van der Waals surface area contributed by atoms with E-state index in [1.807, 2.05) is 17.1 Å². The molecule has 0 aliphatic carbocycles. The fraction of sp³-hybridized carbons (Fsp3) is 0.357. The molecule has 5 heteroatoms. The van der Waals surface area contributed by atoms with Crippen molar-refractivity contribution in [1.29, 1.82) is 0 Å². The van der Waals surface area contributed by atoms with Gasteiger partial charge in [-0.05, 0) is 30.5 Å². The average molecular weight is 323 g/mol. The van der Waals surface area contributed by atoms with Crippen LogP contribution in [-0.2, 0) is 6.54 Å². The van der Waals surface area contributed by atoms with Crippen molar-refractivity contribution in [1.82, 2.24) is 15.2 Å². The Morgan fingerprint density at radius 1 is 1.47 bits per heavy atom. The number of halogens is 1. The highest BCUT2D eigenvalue weighted by molar-refractivity contribution is 9.10. The molecule has 1 unspecified atom stereocenters. The Labute approximate surface area is 122 Å². The van der Waals surface area contributed by atoms with E-state index in [0.717, 1.165) is 28.6 Å². The topological polar surface area (TPSA) is 55.9 Å². The van der Waals surface area contributed by atoms with E-state index in [1.165, 1.54) is 5.56 Å². The third-order valence-electron chi connectivity index (χ3n) is 3.07. The van der Waals surface area contributed by atoms with Crippen molar-refractivity contribution in [2.75, 3.05) is 0 Å². The number of nitrogens with zero attached hydrogens (tertiary/aromatic N) is 2. The maximum atomic E-state index is 5.72. The number of hydrogen-bond donors (Lipinski definition) is 2. The Morgan fingerprint density at radius 3 is 2.89 bits per heavy atom. The minimum Gasteiger partial charge on any atom is -0.272 e. The van der Waals surface area contributed by atoms with Gasteiger partial charge >= 0.3 is 0 Å². The van der Waals surface area contributed by atoms with E-state index in [2.05, 4.69) is 58.5 Å². The quantitative estimate of drug-likeness (QED) is 0.657. The minimum atomic E-state index is -0.0550. The van der Waals surface area contributed by atoms with Gasteiger partial charge in [0.2, 0.25) is 0 Å². The van der Waals surface area contributed by atoms with Crippen LogP contribution in [0.15, 0.2) is 35.1 Å². The SMILES string of the molecule is CCCn1cc(C(NN)c2ccc(C)cc2Br)cn1. The molecule has 0 bridgehead atoms. The van der Waals surface area contributed by atoms with Crippen LogP contribution in [0.1, 0.15) is 36.1 Å². The zero-order chi connectivity index (χ0) is 13.8. The molecule has 0 saturated carbocycles. The van der Waals surface area contributed by atoms with Crippen molar-refractivity contribution in [3.8, 4) is 0 Å². The van der Waals surface area contributed by atoms with Crippen LogP contribution < -0.4 is 11.3 Å². The van der Waals surface area contributed by atoms with Crippen molar-refractivity contribution in [3.63, 3.8) is 0 Å². The van der Waals surface area contributed by atoms with Gasteiger partial charge in [-0.3, -0.25) is 10.5 Å². The molecule has 0 aliphatic rings. The van der Waals surface area contributed by atoms with Crippen LogP contribution in [0.4, 0.5) is 0 Å². The maximum absolute atomic E-state index is 5.72. The third-order valence-corrected chi connectivity index (χ3v) is 3.76. The van der Waals surface area contributed by atoms with Gasteiger partial charge in [-0.15, -0.1) is 0 Å². The fourth-order valence-electron chi connectivity index (χ4n) is 2.11. The molecule has 2 aromatic rings. The van der Waals surface area contributed by atoms with E-state index in [-0.39, 0.29) is 6.04 Å². The second kappa shape index (κ2) is 6.32. The lowest BCUT2D eigenvalue weighted by Gasteiger charge is -2.16. The normalized spacial score (nSPS) is 12.6. The number of aryl methyl sites for hydroxylation is 2. The van der Waals surface area contributed by atoms with E-state index in [4.69, 9.17) is 5.84 Å². The maximum Gasteiger partial charge on any atom is 0.0751 e. The number of nitrogens with one attached hydrogen (secondary N) is 1. The summed E-state index contributed by atoms with van der Waals surface area (Å²) in [7, 11) is 0. The molecular weight excluding hydrogens is 304 g/mol. The molecule has 19 heavy (non-hydrogen) atoms. The largest absolute Gasteiger partial charge is 0.272 e. The zero-order valence-electron chi connectivity index (χ0n) is 11.2. The Balaban J connectivity index is 2.32. The van der Waals surface area contributed by atoms with Crippen LogP contribution >= 0.6 is 15.9 Å². The van der Waals surface area contributed by atoms with Gasteiger partial charge in [0.1, 0.15) is 0 Å². The molecule has 0 radical (unpaired) electrons. The fourth-order valence-corrected chi connectivity index (χ4v) is 2.83. The van der Waals surface area contributed by atoms with E-state index in [0.29, 0.717) is 0 Å². The van der Waals surface area contributed by atoms with Gasteiger partial charge in [-0.2, -0.15) is 5.10 Å². The number of benzene rings is 1. The summed E-state index contributed by atoms with van der Waals surface area (Å²) in [5, 5.41) is 4.35. The van der Waals surface area contributed by atoms with Crippen LogP contribution in [-0.4, -0.2) is 9.78 Å². The lowest BCUT2D eigenvalue weighted by atomic mass is 10.0. The monoisotopic (exact) mass is 322 g/mol. The molecule has 1 heterocycles. The smallest absolute Gasteiger partial charge is 0.0751 e. The van der Waals surface area contributed by atoms with Crippen molar-refractivity contribution in [3.05, 3.63) is 51.8 Å². The van der Waals surface area contributed by atoms with Crippen LogP contribution in [0.25, 0.3) is 0 Å². The summed E-state index contributed by atoms with van der Waals surface area (Å²) >= 11 is 3.60. The highest BCUT2D eigenvalue weighted by Crippen LogP contribution is 2.28. The molecule has 0 fully saturated rings. The second-order valence-electron chi connectivity index (χ2n) is 4.66. The molecule has 2 rings (SSSR count). The molecule has 4 nitrogen and oxygen atoms in total. The number of nitrogens with two attached hydrogens (primary N) is 1. The molecular formula is C14H19BrN4. The van der Waals surface area contributed by atoms with E-state index >= 15 is 0 Å².